The van der Waals surface area contributed by atoms with E-state index in [9.17, 15) is 4.79 Å². The van der Waals surface area contributed by atoms with E-state index in [0.29, 0.717) is 5.57 Å². The quantitative estimate of drug-likeness (QED) is 0.537. The Labute approximate surface area is 137 Å². The topological polar surface area (TPSA) is 46.5 Å². The molecule has 0 saturated heterocycles. The maximum Gasteiger partial charge on any atom is 0.330 e. The lowest BCUT2D eigenvalue weighted by molar-refractivity contribution is -0.132. The maximum atomic E-state index is 10.7. The van der Waals surface area contributed by atoms with Crippen molar-refractivity contribution in [2.75, 3.05) is 0 Å². The molecular formula is C20H22O3. The second-order valence-corrected chi connectivity index (χ2v) is 5.46. The zero-order chi connectivity index (χ0) is 16.5. The van der Waals surface area contributed by atoms with Crippen molar-refractivity contribution < 1.29 is 14.6 Å². The summed E-state index contributed by atoms with van der Waals surface area (Å²) in [6.07, 6.45) is 5.46. The Hall–Kier alpha value is -2.55. The smallest absolute Gasteiger partial charge is 0.330 e. The van der Waals surface area contributed by atoms with E-state index in [0.717, 1.165) is 37.2 Å². The first kappa shape index (κ1) is 16.8. The van der Waals surface area contributed by atoms with Crippen LogP contribution in [0.5, 0.6) is 11.5 Å². The molecule has 2 rings (SSSR count). The number of carbonyl (C=O) groups is 1. The minimum atomic E-state index is -0.841. The van der Waals surface area contributed by atoms with E-state index < -0.39 is 5.97 Å². The van der Waals surface area contributed by atoms with Crippen molar-refractivity contribution in [3.8, 4) is 11.5 Å². The van der Waals surface area contributed by atoms with Crippen LogP contribution in [-0.4, -0.2) is 11.1 Å². The van der Waals surface area contributed by atoms with Crippen LogP contribution in [0.1, 0.15) is 31.7 Å². The van der Waals surface area contributed by atoms with Gasteiger partial charge in [0.2, 0.25) is 0 Å². The van der Waals surface area contributed by atoms with Crippen molar-refractivity contribution in [2.45, 2.75) is 32.6 Å². The molecule has 2 aromatic carbocycles. The fourth-order valence-electron chi connectivity index (χ4n) is 2.29. The number of para-hydroxylation sites is 2. The minimum Gasteiger partial charge on any atom is -0.478 e. The Morgan fingerprint density at radius 3 is 2.48 bits per heavy atom. The zero-order valence-electron chi connectivity index (χ0n) is 13.4. The predicted octanol–water partition coefficient (Wildman–Crippen LogP) is 5.22. The molecule has 3 nitrogen and oxygen atoms in total. The first-order valence-electron chi connectivity index (χ1n) is 7.87. The van der Waals surface area contributed by atoms with Crippen molar-refractivity contribution in [1.82, 2.24) is 0 Å². The van der Waals surface area contributed by atoms with E-state index in [1.807, 2.05) is 48.5 Å². The molecule has 0 fully saturated rings. The minimum absolute atomic E-state index is 0.415. The molecule has 1 N–H and O–H groups in total. The van der Waals surface area contributed by atoms with Crippen LogP contribution in [0.15, 0.2) is 66.2 Å². The van der Waals surface area contributed by atoms with Crippen LogP contribution in [0.2, 0.25) is 0 Å². The average molecular weight is 310 g/mol. The molecule has 0 heterocycles. The van der Waals surface area contributed by atoms with Crippen LogP contribution in [0.4, 0.5) is 0 Å². The number of hydrogen-bond acceptors (Lipinski definition) is 2. The van der Waals surface area contributed by atoms with Gasteiger partial charge in [-0.1, -0.05) is 42.5 Å². The summed E-state index contributed by atoms with van der Waals surface area (Å²) < 4.78 is 5.95. The number of unbranched alkanes of at least 4 members (excludes halogenated alkanes) is 2. The van der Waals surface area contributed by atoms with Gasteiger partial charge < -0.3 is 9.84 Å². The molecule has 0 saturated carbocycles. The highest BCUT2D eigenvalue weighted by Gasteiger charge is 2.04. The van der Waals surface area contributed by atoms with Crippen LogP contribution in [0.25, 0.3) is 0 Å². The van der Waals surface area contributed by atoms with Crippen molar-refractivity contribution in [2.24, 2.45) is 0 Å². The number of rotatable bonds is 8. The summed E-state index contributed by atoms with van der Waals surface area (Å²) in [4.78, 5) is 10.7. The van der Waals surface area contributed by atoms with E-state index in [1.54, 1.807) is 13.0 Å². The monoisotopic (exact) mass is 310 g/mol. The second-order valence-electron chi connectivity index (χ2n) is 5.46. The molecule has 2 aromatic rings. The Balaban J connectivity index is 1.88. The number of ether oxygens (including phenoxy) is 1. The van der Waals surface area contributed by atoms with Gasteiger partial charge in [0, 0.05) is 5.57 Å². The summed E-state index contributed by atoms with van der Waals surface area (Å²) in [6.45, 7) is 1.63. The predicted molar refractivity (Wildman–Crippen MR) is 91.9 cm³/mol. The van der Waals surface area contributed by atoms with Crippen LogP contribution >= 0.6 is 0 Å². The Morgan fingerprint density at radius 2 is 1.74 bits per heavy atom. The largest absolute Gasteiger partial charge is 0.478 e. The van der Waals surface area contributed by atoms with Gasteiger partial charge in [-0.25, -0.2) is 4.79 Å². The molecule has 3 heteroatoms. The summed E-state index contributed by atoms with van der Waals surface area (Å²) in [5.74, 6) is 0.877. The lowest BCUT2D eigenvalue weighted by Crippen LogP contribution is -1.96. The van der Waals surface area contributed by atoms with Gasteiger partial charge in [-0.15, -0.1) is 0 Å². The van der Waals surface area contributed by atoms with Crippen LogP contribution in [0, 0.1) is 0 Å². The van der Waals surface area contributed by atoms with Crippen molar-refractivity contribution in [3.63, 3.8) is 0 Å². The molecule has 0 radical (unpaired) electrons. The van der Waals surface area contributed by atoms with Gasteiger partial charge in [0.15, 0.2) is 0 Å². The summed E-state index contributed by atoms with van der Waals surface area (Å²) in [6, 6.07) is 17.8. The highest BCUT2D eigenvalue weighted by molar-refractivity contribution is 5.85. The molecule has 0 spiro atoms. The van der Waals surface area contributed by atoms with Gasteiger partial charge in [-0.05, 0) is 56.4 Å². The third-order valence-electron chi connectivity index (χ3n) is 3.63. The molecule has 0 bridgehead atoms. The van der Waals surface area contributed by atoms with Gasteiger partial charge in [-0.3, -0.25) is 0 Å². The first-order chi connectivity index (χ1) is 11.2. The molecule has 0 amide bonds. The van der Waals surface area contributed by atoms with Gasteiger partial charge in [0.1, 0.15) is 11.5 Å². The lowest BCUT2D eigenvalue weighted by atomic mass is 10.1. The molecular weight excluding hydrogens is 288 g/mol. The summed E-state index contributed by atoms with van der Waals surface area (Å²) in [5, 5.41) is 8.81. The molecule has 0 unspecified atom stereocenters. The highest BCUT2D eigenvalue weighted by atomic mass is 16.5. The number of carboxylic acid groups (broad SMARTS) is 1. The van der Waals surface area contributed by atoms with Gasteiger partial charge in [0.25, 0.3) is 0 Å². The number of hydrogen-bond donors (Lipinski definition) is 1. The average Bonchev–Trinajstić information content (AvgIpc) is 2.56. The van der Waals surface area contributed by atoms with Crippen molar-refractivity contribution in [3.05, 3.63) is 71.8 Å². The third kappa shape index (κ3) is 5.62. The van der Waals surface area contributed by atoms with Crippen molar-refractivity contribution >= 4 is 5.97 Å². The van der Waals surface area contributed by atoms with Crippen LogP contribution in [-0.2, 0) is 11.2 Å². The van der Waals surface area contributed by atoms with E-state index >= 15 is 0 Å². The third-order valence-corrected chi connectivity index (χ3v) is 3.63. The normalized spacial score (nSPS) is 11.3. The number of aliphatic carboxylic acids is 1. The number of allylic oxidation sites excluding steroid dienone is 1. The highest BCUT2D eigenvalue weighted by Crippen LogP contribution is 2.26. The molecule has 0 aliphatic heterocycles. The Kier molecular flexibility index (Phi) is 6.42. The Morgan fingerprint density at radius 1 is 1.04 bits per heavy atom. The van der Waals surface area contributed by atoms with E-state index in [4.69, 9.17) is 9.84 Å². The zero-order valence-corrected chi connectivity index (χ0v) is 13.4. The number of aryl methyl sites for hydroxylation is 1. The fraction of sp³-hybridized carbons (Fsp3) is 0.250. The second kappa shape index (κ2) is 8.79. The van der Waals surface area contributed by atoms with Crippen molar-refractivity contribution in [1.29, 1.82) is 0 Å². The summed E-state index contributed by atoms with van der Waals surface area (Å²) in [5.41, 5.74) is 1.59. The summed E-state index contributed by atoms with van der Waals surface area (Å²) >= 11 is 0. The first-order valence-corrected chi connectivity index (χ1v) is 7.87. The van der Waals surface area contributed by atoms with Gasteiger partial charge in [-0.2, -0.15) is 0 Å². The number of carboxylic acids is 1. The molecule has 0 atom stereocenters. The van der Waals surface area contributed by atoms with Gasteiger partial charge in [0.05, 0.1) is 0 Å². The molecule has 120 valence electrons. The van der Waals surface area contributed by atoms with Crippen LogP contribution < -0.4 is 4.74 Å². The standard InChI is InChI=1S/C20H22O3/c1-16(20(21)22)10-4-2-5-11-17-12-8-9-15-19(17)23-18-13-6-3-7-14-18/h3,6-10,12-15H,2,4-5,11H2,1H3,(H,21,22). The Bertz CT molecular complexity index is 660. The molecule has 0 aromatic heterocycles. The van der Waals surface area contributed by atoms with E-state index in [-0.39, 0.29) is 0 Å². The fourth-order valence-corrected chi connectivity index (χ4v) is 2.29. The van der Waals surface area contributed by atoms with E-state index in [2.05, 4.69) is 6.07 Å². The van der Waals surface area contributed by atoms with E-state index in [1.165, 1.54) is 5.56 Å². The summed E-state index contributed by atoms with van der Waals surface area (Å²) in [7, 11) is 0. The SMILES string of the molecule is CC(=CCCCCc1ccccc1Oc1ccccc1)C(=O)O. The molecule has 0 aliphatic carbocycles. The lowest BCUT2D eigenvalue weighted by Gasteiger charge is -2.10. The van der Waals surface area contributed by atoms with Gasteiger partial charge >= 0.3 is 5.97 Å². The number of benzene rings is 2. The molecule has 0 aliphatic rings. The van der Waals surface area contributed by atoms with Crippen LogP contribution in [0.3, 0.4) is 0 Å². The maximum absolute atomic E-state index is 10.7. The molecule has 23 heavy (non-hydrogen) atoms.